The van der Waals surface area contributed by atoms with Gasteiger partial charge < -0.3 is 14.4 Å². The minimum atomic E-state index is 0.779. The van der Waals surface area contributed by atoms with E-state index < -0.39 is 0 Å². The van der Waals surface area contributed by atoms with Crippen LogP contribution >= 0.6 is 0 Å². The molecule has 3 aromatic carbocycles. The lowest BCUT2D eigenvalue weighted by atomic mass is 10.2. The second kappa shape index (κ2) is 14.3. The van der Waals surface area contributed by atoms with Crippen LogP contribution in [0.15, 0.2) is 78.9 Å². The fraction of sp³-hybridized carbons (Fsp3) is 0.400. The lowest BCUT2D eigenvalue weighted by Gasteiger charge is -2.25. The summed E-state index contributed by atoms with van der Waals surface area (Å²) in [6.45, 7) is 6.02. The van der Waals surface area contributed by atoms with Crippen molar-refractivity contribution in [2.45, 2.75) is 65.2 Å². The Labute approximate surface area is 200 Å². The van der Waals surface area contributed by atoms with Crippen LogP contribution in [0.25, 0.3) is 0 Å². The molecule has 0 aliphatic heterocycles. The van der Waals surface area contributed by atoms with Gasteiger partial charge in [-0.3, -0.25) is 0 Å². The van der Waals surface area contributed by atoms with Gasteiger partial charge in [-0.15, -0.1) is 0 Å². The first-order chi connectivity index (χ1) is 16.3. The molecule has 0 N–H and O–H groups in total. The summed E-state index contributed by atoms with van der Waals surface area (Å²) < 4.78 is 11.9. The van der Waals surface area contributed by atoms with Gasteiger partial charge in [-0.25, -0.2) is 0 Å². The molecule has 3 rings (SSSR count). The monoisotopic (exact) mass is 445 g/mol. The minimum Gasteiger partial charge on any atom is -0.494 e. The summed E-state index contributed by atoms with van der Waals surface area (Å²) in [6.07, 6.45) is 9.72. The van der Waals surface area contributed by atoms with Crippen molar-refractivity contribution in [1.82, 2.24) is 0 Å². The summed E-state index contributed by atoms with van der Waals surface area (Å²) in [6, 6.07) is 27.3. The standard InChI is InChI=1S/C30H39NO2/c1-3-5-7-12-24-32-29-20-16-27(17-21-29)31(26-14-10-9-11-15-26)28-18-22-30(23-19-28)33-25-13-8-6-4-2/h9-11,14-23H,3-8,12-13,24-25H2,1-2H3. The molecule has 0 saturated heterocycles. The molecule has 0 aromatic heterocycles. The lowest BCUT2D eigenvalue weighted by molar-refractivity contribution is 0.305. The number of unbranched alkanes of at least 4 members (excludes halogenated alkanes) is 6. The largest absolute Gasteiger partial charge is 0.494 e. The van der Waals surface area contributed by atoms with Crippen LogP contribution in [0.5, 0.6) is 11.5 Å². The van der Waals surface area contributed by atoms with Crippen LogP contribution in [0.3, 0.4) is 0 Å². The zero-order valence-electron chi connectivity index (χ0n) is 20.3. The van der Waals surface area contributed by atoms with Crippen molar-refractivity contribution in [2.24, 2.45) is 0 Å². The lowest BCUT2D eigenvalue weighted by Crippen LogP contribution is -2.10. The van der Waals surface area contributed by atoms with Crippen molar-refractivity contribution >= 4 is 17.1 Å². The molecule has 0 radical (unpaired) electrons. The van der Waals surface area contributed by atoms with Crippen LogP contribution in [0.4, 0.5) is 17.1 Å². The zero-order valence-corrected chi connectivity index (χ0v) is 20.3. The first-order valence-corrected chi connectivity index (χ1v) is 12.6. The maximum absolute atomic E-state index is 5.94. The normalized spacial score (nSPS) is 10.7. The van der Waals surface area contributed by atoms with E-state index in [0.717, 1.165) is 54.6 Å². The number of anilines is 3. The van der Waals surface area contributed by atoms with Crippen molar-refractivity contribution in [2.75, 3.05) is 18.1 Å². The molecule has 0 atom stereocenters. The first kappa shape index (κ1) is 24.7. The quantitative estimate of drug-likeness (QED) is 0.218. The molecule has 0 heterocycles. The van der Waals surface area contributed by atoms with Crippen molar-refractivity contribution in [3.8, 4) is 11.5 Å². The van der Waals surface area contributed by atoms with Gasteiger partial charge in [0, 0.05) is 17.1 Å². The van der Waals surface area contributed by atoms with Crippen molar-refractivity contribution in [3.63, 3.8) is 0 Å². The Morgan fingerprint density at radius 1 is 0.485 bits per heavy atom. The van der Waals surface area contributed by atoms with E-state index >= 15 is 0 Å². The van der Waals surface area contributed by atoms with Crippen LogP contribution < -0.4 is 14.4 Å². The highest BCUT2D eigenvalue weighted by atomic mass is 16.5. The van der Waals surface area contributed by atoms with Gasteiger partial charge >= 0.3 is 0 Å². The Morgan fingerprint density at radius 3 is 1.33 bits per heavy atom. The van der Waals surface area contributed by atoms with Gasteiger partial charge in [-0.2, -0.15) is 0 Å². The molecular weight excluding hydrogens is 406 g/mol. The Bertz CT molecular complexity index is 833. The van der Waals surface area contributed by atoms with Gasteiger partial charge in [0.05, 0.1) is 13.2 Å². The second-order valence-electron chi connectivity index (χ2n) is 8.48. The molecule has 3 nitrogen and oxygen atoms in total. The predicted molar refractivity (Wildman–Crippen MR) is 140 cm³/mol. The number of hydrogen-bond donors (Lipinski definition) is 0. The molecule has 0 aliphatic rings. The molecule has 33 heavy (non-hydrogen) atoms. The van der Waals surface area contributed by atoms with Gasteiger partial charge in [0.25, 0.3) is 0 Å². The molecular formula is C30H39NO2. The molecule has 0 spiro atoms. The Kier molecular flexibility index (Phi) is 10.7. The van der Waals surface area contributed by atoms with Gasteiger partial charge in [0.1, 0.15) is 11.5 Å². The number of nitrogens with zero attached hydrogens (tertiary/aromatic N) is 1. The van der Waals surface area contributed by atoms with Gasteiger partial charge in [0.15, 0.2) is 0 Å². The maximum atomic E-state index is 5.94. The number of hydrogen-bond acceptors (Lipinski definition) is 3. The van der Waals surface area contributed by atoms with Gasteiger partial charge in [-0.1, -0.05) is 70.6 Å². The predicted octanol–water partition coefficient (Wildman–Crippen LogP) is 9.07. The summed E-state index contributed by atoms with van der Waals surface area (Å²) in [5.41, 5.74) is 3.33. The molecule has 0 amide bonds. The molecule has 0 fully saturated rings. The third kappa shape index (κ3) is 8.16. The van der Waals surface area contributed by atoms with Gasteiger partial charge in [-0.05, 0) is 73.5 Å². The zero-order chi connectivity index (χ0) is 23.1. The maximum Gasteiger partial charge on any atom is 0.119 e. The molecule has 0 unspecified atom stereocenters. The van der Waals surface area contributed by atoms with Crippen LogP contribution in [0, 0.1) is 0 Å². The highest BCUT2D eigenvalue weighted by Crippen LogP contribution is 2.35. The van der Waals surface area contributed by atoms with E-state index in [4.69, 9.17) is 9.47 Å². The summed E-state index contributed by atoms with van der Waals surface area (Å²) in [5, 5.41) is 0. The molecule has 0 bridgehead atoms. The van der Waals surface area contributed by atoms with E-state index in [-0.39, 0.29) is 0 Å². The summed E-state index contributed by atoms with van der Waals surface area (Å²) in [7, 11) is 0. The van der Waals surface area contributed by atoms with E-state index in [2.05, 4.69) is 91.5 Å². The molecule has 176 valence electrons. The summed E-state index contributed by atoms with van der Waals surface area (Å²) in [4.78, 5) is 2.26. The Morgan fingerprint density at radius 2 is 0.909 bits per heavy atom. The number of para-hydroxylation sites is 1. The molecule has 0 aliphatic carbocycles. The van der Waals surface area contributed by atoms with Crippen molar-refractivity contribution < 1.29 is 9.47 Å². The average Bonchev–Trinajstić information content (AvgIpc) is 2.86. The second-order valence-corrected chi connectivity index (χ2v) is 8.48. The van der Waals surface area contributed by atoms with Gasteiger partial charge in [0.2, 0.25) is 0 Å². The number of rotatable bonds is 15. The van der Waals surface area contributed by atoms with E-state index in [0.29, 0.717) is 0 Å². The van der Waals surface area contributed by atoms with Crippen molar-refractivity contribution in [3.05, 3.63) is 78.9 Å². The number of ether oxygens (including phenoxy) is 2. The third-order valence-corrected chi connectivity index (χ3v) is 5.74. The molecule has 3 heteroatoms. The van der Waals surface area contributed by atoms with E-state index in [1.807, 2.05) is 6.07 Å². The van der Waals surface area contributed by atoms with Crippen LogP contribution in [-0.2, 0) is 0 Å². The SMILES string of the molecule is CCCCCCOc1ccc(N(c2ccccc2)c2ccc(OCCCCCC)cc2)cc1. The van der Waals surface area contributed by atoms with E-state index in [9.17, 15) is 0 Å². The summed E-state index contributed by atoms with van der Waals surface area (Å²) in [5.74, 6) is 1.85. The van der Waals surface area contributed by atoms with E-state index in [1.54, 1.807) is 0 Å². The van der Waals surface area contributed by atoms with Crippen molar-refractivity contribution in [1.29, 1.82) is 0 Å². The van der Waals surface area contributed by atoms with Crippen LogP contribution in [0.1, 0.15) is 65.2 Å². The fourth-order valence-corrected chi connectivity index (χ4v) is 3.84. The molecule has 3 aromatic rings. The smallest absolute Gasteiger partial charge is 0.119 e. The minimum absolute atomic E-state index is 0.779. The van der Waals surface area contributed by atoms with Crippen LogP contribution in [-0.4, -0.2) is 13.2 Å². The Balaban J connectivity index is 1.68. The van der Waals surface area contributed by atoms with E-state index in [1.165, 1.54) is 38.5 Å². The number of benzene rings is 3. The van der Waals surface area contributed by atoms with Crippen LogP contribution in [0.2, 0.25) is 0 Å². The molecule has 0 saturated carbocycles. The average molecular weight is 446 g/mol. The Hall–Kier alpha value is -2.94. The highest BCUT2D eigenvalue weighted by Gasteiger charge is 2.12. The first-order valence-electron chi connectivity index (χ1n) is 12.6. The summed E-state index contributed by atoms with van der Waals surface area (Å²) >= 11 is 0. The topological polar surface area (TPSA) is 21.7 Å². The fourth-order valence-electron chi connectivity index (χ4n) is 3.84. The third-order valence-electron chi connectivity index (χ3n) is 5.74. The highest BCUT2D eigenvalue weighted by molar-refractivity contribution is 5.76.